The lowest BCUT2D eigenvalue weighted by atomic mass is 10.1. The van der Waals surface area contributed by atoms with Crippen molar-refractivity contribution in [1.82, 2.24) is 9.97 Å². The van der Waals surface area contributed by atoms with Gasteiger partial charge in [0.25, 0.3) is 0 Å². The Hall–Kier alpha value is -1.85. The molecule has 92 valence electrons. The van der Waals surface area contributed by atoms with Crippen molar-refractivity contribution >= 4 is 29.0 Å². The highest BCUT2D eigenvalue weighted by Crippen LogP contribution is 2.27. The van der Waals surface area contributed by atoms with Gasteiger partial charge in [-0.05, 0) is 18.2 Å². The zero-order valence-corrected chi connectivity index (χ0v) is 10.5. The molecule has 2 aromatic rings. The van der Waals surface area contributed by atoms with Gasteiger partial charge in [0.15, 0.2) is 5.84 Å². The molecule has 0 aliphatic heterocycles. The van der Waals surface area contributed by atoms with Gasteiger partial charge in [0.1, 0.15) is 12.0 Å². The van der Waals surface area contributed by atoms with Crippen LogP contribution in [0.1, 0.15) is 5.69 Å². The van der Waals surface area contributed by atoms with Crippen LogP contribution in [0, 0.1) is 0 Å². The first-order valence-corrected chi connectivity index (χ1v) is 5.63. The molecule has 0 saturated heterocycles. The normalized spacial score (nSPS) is 11.6. The van der Waals surface area contributed by atoms with E-state index in [9.17, 15) is 0 Å². The number of hydrogen-bond donors (Lipinski definition) is 2. The molecule has 0 fully saturated rings. The second-order valence-electron chi connectivity index (χ2n) is 3.40. The van der Waals surface area contributed by atoms with Crippen LogP contribution in [-0.2, 0) is 0 Å². The molecule has 0 saturated carbocycles. The summed E-state index contributed by atoms with van der Waals surface area (Å²) >= 11 is 11.8. The van der Waals surface area contributed by atoms with E-state index in [0.29, 0.717) is 21.4 Å². The van der Waals surface area contributed by atoms with Gasteiger partial charge in [-0.3, -0.25) is 0 Å². The number of rotatable bonds is 2. The van der Waals surface area contributed by atoms with Crippen molar-refractivity contribution < 1.29 is 5.21 Å². The van der Waals surface area contributed by atoms with Crippen LogP contribution in [0.3, 0.4) is 0 Å². The Labute approximate surface area is 113 Å². The van der Waals surface area contributed by atoms with Crippen LogP contribution in [0.5, 0.6) is 0 Å². The van der Waals surface area contributed by atoms with Gasteiger partial charge in [0.05, 0.1) is 15.7 Å². The van der Waals surface area contributed by atoms with Crippen molar-refractivity contribution in [3.05, 3.63) is 46.3 Å². The molecule has 0 atom stereocenters. The van der Waals surface area contributed by atoms with Crippen LogP contribution in [0.25, 0.3) is 11.3 Å². The van der Waals surface area contributed by atoms with Crippen molar-refractivity contribution in [3.63, 3.8) is 0 Å². The van der Waals surface area contributed by atoms with E-state index >= 15 is 0 Å². The molecule has 1 heterocycles. The van der Waals surface area contributed by atoms with Gasteiger partial charge in [0.2, 0.25) is 0 Å². The fourth-order valence-corrected chi connectivity index (χ4v) is 1.66. The number of hydrogen-bond acceptors (Lipinski definition) is 4. The van der Waals surface area contributed by atoms with Crippen LogP contribution in [0.4, 0.5) is 0 Å². The smallest absolute Gasteiger partial charge is 0.188 e. The number of nitrogens with two attached hydrogens (primary N) is 1. The molecular formula is C11H8Cl2N4O. The average Bonchev–Trinajstić information content (AvgIpc) is 2.41. The minimum Gasteiger partial charge on any atom is -0.409 e. The number of oxime groups is 1. The molecule has 0 unspecified atom stereocenters. The van der Waals surface area contributed by atoms with E-state index in [1.165, 1.54) is 6.33 Å². The van der Waals surface area contributed by atoms with Crippen molar-refractivity contribution in [2.45, 2.75) is 0 Å². The Morgan fingerprint density at radius 3 is 2.61 bits per heavy atom. The van der Waals surface area contributed by atoms with Gasteiger partial charge < -0.3 is 10.9 Å². The molecule has 18 heavy (non-hydrogen) atoms. The summed E-state index contributed by atoms with van der Waals surface area (Å²) < 4.78 is 0. The Kier molecular flexibility index (Phi) is 3.64. The Morgan fingerprint density at radius 1 is 1.17 bits per heavy atom. The molecule has 1 aromatic carbocycles. The van der Waals surface area contributed by atoms with Crippen LogP contribution < -0.4 is 5.73 Å². The summed E-state index contributed by atoms with van der Waals surface area (Å²) in [7, 11) is 0. The monoisotopic (exact) mass is 282 g/mol. The maximum atomic E-state index is 8.59. The highest BCUT2D eigenvalue weighted by molar-refractivity contribution is 6.42. The first kappa shape index (κ1) is 12.6. The van der Waals surface area contributed by atoms with Crippen LogP contribution in [0.15, 0.2) is 35.7 Å². The summed E-state index contributed by atoms with van der Waals surface area (Å²) in [6, 6.07) is 6.72. The van der Waals surface area contributed by atoms with Gasteiger partial charge in [-0.1, -0.05) is 34.4 Å². The van der Waals surface area contributed by atoms with E-state index in [1.54, 1.807) is 24.3 Å². The van der Waals surface area contributed by atoms with E-state index in [4.69, 9.17) is 34.1 Å². The van der Waals surface area contributed by atoms with E-state index in [0.717, 1.165) is 5.56 Å². The van der Waals surface area contributed by atoms with Crippen molar-refractivity contribution in [2.24, 2.45) is 10.9 Å². The molecule has 0 aliphatic carbocycles. The van der Waals surface area contributed by atoms with Gasteiger partial charge in [-0.25, -0.2) is 9.97 Å². The molecule has 1 aromatic heterocycles. The Balaban J connectivity index is 2.48. The topological polar surface area (TPSA) is 84.4 Å². The average molecular weight is 283 g/mol. The molecule has 2 rings (SSSR count). The van der Waals surface area contributed by atoms with Gasteiger partial charge >= 0.3 is 0 Å². The fourth-order valence-electron chi connectivity index (χ4n) is 1.36. The zero-order chi connectivity index (χ0) is 13.1. The molecule has 5 nitrogen and oxygen atoms in total. The Bertz CT molecular complexity index is 616. The first-order chi connectivity index (χ1) is 8.61. The largest absolute Gasteiger partial charge is 0.409 e. The number of aromatic nitrogens is 2. The predicted octanol–water partition coefficient (Wildman–Crippen LogP) is 2.54. The van der Waals surface area contributed by atoms with Crippen molar-refractivity contribution in [3.8, 4) is 11.3 Å². The molecule has 7 heteroatoms. The summed E-state index contributed by atoms with van der Waals surface area (Å²) in [5.41, 5.74) is 7.15. The van der Waals surface area contributed by atoms with Crippen molar-refractivity contribution in [1.29, 1.82) is 0 Å². The summed E-state index contributed by atoms with van der Waals surface area (Å²) in [6.07, 6.45) is 1.32. The highest BCUT2D eigenvalue weighted by atomic mass is 35.5. The second-order valence-corrected chi connectivity index (χ2v) is 4.22. The fraction of sp³-hybridized carbons (Fsp3) is 0. The van der Waals surface area contributed by atoms with Crippen LogP contribution in [-0.4, -0.2) is 21.0 Å². The summed E-state index contributed by atoms with van der Waals surface area (Å²) in [4.78, 5) is 7.98. The van der Waals surface area contributed by atoms with Gasteiger partial charge in [-0.15, -0.1) is 0 Å². The van der Waals surface area contributed by atoms with E-state index in [1.807, 2.05) is 0 Å². The highest BCUT2D eigenvalue weighted by Gasteiger charge is 2.07. The maximum absolute atomic E-state index is 8.59. The third-order valence-corrected chi connectivity index (χ3v) is 2.99. The third-order valence-electron chi connectivity index (χ3n) is 2.25. The lowest BCUT2D eigenvalue weighted by molar-refractivity contribution is 0.318. The summed E-state index contributed by atoms with van der Waals surface area (Å²) in [5, 5.41) is 12.4. The summed E-state index contributed by atoms with van der Waals surface area (Å²) in [6.45, 7) is 0. The van der Waals surface area contributed by atoms with Crippen molar-refractivity contribution in [2.75, 3.05) is 0 Å². The van der Waals surface area contributed by atoms with E-state index in [2.05, 4.69) is 15.1 Å². The number of halogens is 2. The van der Waals surface area contributed by atoms with E-state index < -0.39 is 0 Å². The Morgan fingerprint density at radius 2 is 1.94 bits per heavy atom. The first-order valence-electron chi connectivity index (χ1n) is 4.87. The minimum atomic E-state index is -0.0845. The molecular weight excluding hydrogens is 275 g/mol. The third kappa shape index (κ3) is 2.52. The molecule has 0 bridgehead atoms. The molecule has 3 N–H and O–H groups in total. The zero-order valence-electron chi connectivity index (χ0n) is 9.01. The second kappa shape index (κ2) is 5.20. The quantitative estimate of drug-likeness (QED) is 0.384. The molecule has 0 spiro atoms. The van der Waals surface area contributed by atoms with Gasteiger partial charge in [-0.2, -0.15) is 0 Å². The van der Waals surface area contributed by atoms with Crippen LogP contribution in [0.2, 0.25) is 10.0 Å². The molecule has 0 radical (unpaired) electrons. The predicted molar refractivity (Wildman–Crippen MR) is 70.0 cm³/mol. The summed E-state index contributed by atoms with van der Waals surface area (Å²) in [5.74, 6) is -0.0845. The molecule has 0 aliphatic rings. The van der Waals surface area contributed by atoms with Crippen LogP contribution >= 0.6 is 23.2 Å². The SMILES string of the molecule is N/C(=N/O)c1cc(-c2ccc(Cl)c(Cl)c2)ncn1. The minimum absolute atomic E-state index is 0.0845. The standard InChI is InChI=1S/C11H8Cl2N4O/c12-7-2-1-6(3-8(7)13)9-4-10(11(14)17-18)16-5-15-9/h1-5,18H,(H2,14,17). The van der Waals surface area contributed by atoms with E-state index in [-0.39, 0.29) is 5.84 Å². The number of benzene rings is 1. The lowest BCUT2D eigenvalue weighted by Gasteiger charge is -2.04. The lowest BCUT2D eigenvalue weighted by Crippen LogP contribution is -2.15. The number of nitrogens with zero attached hydrogens (tertiary/aromatic N) is 3. The van der Waals surface area contributed by atoms with Gasteiger partial charge in [0, 0.05) is 5.56 Å². The maximum Gasteiger partial charge on any atom is 0.188 e. The number of amidine groups is 1. The molecule has 0 amide bonds.